The van der Waals surface area contributed by atoms with Crippen molar-refractivity contribution in [1.29, 1.82) is 0 Å². The van der Waals surface area contributed by atoms with Gasteiger partial charge < -0.3 is 0 Å². The summed E-state index contributed by atoms with van der Waals surface area (Å²) in [5.74, 6) is -1.39. The first kappa shape index (κ1) is 11.4. The Morgan fingerprint density at radius 3 is 1.69 bits per heavy atom. The Morgan fingerprint density at radius 2 is 1.38 bits per heavy atom. The van der Waals surface area contributed by atoms with E-state index >= 15 is 0 Å². The molecule has 0 radical (unpaired) electrons. The number of carbonyl (C=O) groups excluding carboxylic acids is 2. The molecule has 0 saturated heterocycles. The number of rotatable bonds is 6. The molecule has 0 rings (SSSR count). The van der Waals surface area contributed by atoms with Crippen LogP contribution in [0.3, 0.4) is 0 Å². The quantitative estimate of drug-likeness (QED) is 0.352. The molecule has 5 heteroatoms. The molecule has 0 aromatic rings. The zero-order valence-electron chi connectivity index (χ0n) is 7.02. The zero-order chi connectivity index (χ0) is 10.1. The Morgan fingerprint density at radius 1 is 1.00 bits per heavy atom. The van der Waals surface area contributed by atoms with E-state index in [0.717, 1.165) is 0 Å². The molecule has 0 saturated carbocycles. The Labute approximate surface area is 75.4 Å². The van der Waals surface area contributed by atoms with Crippen molar-refractivity contribution in [2.24, 2.45) is 0 Å². The SMILES string of the molecule is C=CCC(=O)OOOC(=O)CC=C. The summed E-state index contributed by atoms with van der Waals surface area (Å²) in [6, 6.07) is 0. The first-order valence-electron chi connectivity index (χ1n) is 3.49. The molecule has 0 N–H and O–H groups in total. The summed E-state index contributed by atoms with van der Waals surface area (Å²) < 4.78 is 0. The fraction of sp³-hybridized carbons (Fsp3) is 0.250. The van der Waals surface area contributed by atoms with E-state index in [9.17, 15) is 9.59 Å². The van der Waals surface area contributed by atoms with E-state index in [2.05, 4.69) is 28.0 Å². The summed E-state index contributed by atoms with van der Waals surface area (Å²) in [4.78, 5) is 29.1. The molecule has 0 heterocycles. The van der Waals surface area contributed by atoms with Crippen molar-refractivity contribution in [3.8, 4) is 0 Å². The molecule has 0 aliphatic rings. The van der Waals surface area contributed by atoms with Crippen molar-refractivity contribution in [1.82, 2.24) is 0 Å². The Bertz CT molecular complexity index is 187. The summed E-state index contributed by atoms with van der Waals surface area (Å²) in [7, 11) is 0. The van der Waals surface area contributed by atoms with Gasteiger partial charge in [-0.05, 0) is 0 Å². The second kappa shape index (κ2) is 7.05. The molecular weight excluding hydrogens is 176 g/mol. The first-order valence-corrected chi connectivity index (χ1v) is 3.49. The van der Waals surface area contributed by atoms with Crippen LogP contribution in [0.5, 0.6) is 0 Å². The van der Waals surface area contributed by atoms with Gasteiger partial charge in [-0.3, -0.25) is 9.78 Å². The molecule has 72 valence electrons. The summed E-state index contributed by atoms with van der Waals surface area (Å²) in [5.41, 5.74) is 0. The molecule has 0 aromatic heterocycles. The molecule has 0 spiro atoms. The van der Waals surface area contributed by atoms with Gasteiger partial charge in [0.1, 0.15) is 0 Å². The molecule has 0 aromatic carbocycles. The average molecular weight is 186 g/mol. The van der Waals surface area contributed by atoms with Crippen molar-refractivity contribution in [3.63, 3.8) is 0 Å². The molecule has 0 atom stereocenters. The lowest BCUT2D eigenvalue weighted by molar-refractivity contribution is -0.459. The highest BCUT2D eigenvalue weighted by Crippen LogP contribution is 1.92. The topological polar surface area (TPSA) is 61.8 Å². The van der Waals surface area contributed by atoms with E-state index in [1.54, 1.807) is 0 Å². The van der Waals surface area contributed by atoms with E-state index in [4.69, 9.17) is 0 Å². The fourth-order valence-corrected chi connectivity index (χ4v) is 0.397. The van der Waals surface area contributed by atoms with E-state index in [0.29, 0.717) is 0 Å². The molecule has 13 heavy (non-hydrogen) atoms. The maximum Gasteiger partial charge on any atom is 0.350 e. The van der Waals surface area contributed by atoms with Crippen LogP contribution in [0.15, 0.2) is 25.3 Å². The van der Waals surface area contributed by atoms with Crippen LogP contribution in [-0.4, -0.2) is 11.9 Å². The van der Waals surface area contributed by atoms with Crippen molar-refractivity contribution < 1.29 is 24.4 Å². The summed E-state index contributed by atoms with van der Waals surface area (Å²) >= 11 is 0. The lowest BCUT2D eigenvalue weighted by Gasteiger charge is -1.98. The van der Waals surface area contributed by atoms with Crippen molar-refractivity contribution in [3.05, 3.63) is 25.3 Å². The van der Waals surface area contributed by atoms with Crippen LogP contribution in [-0.2, 0) is 24.4 Å². The minimum absolute atomic E-state index is 0.0149. The fourth-order valence-electron chi connectivity index (χ4n) is 0.397. The maximum absolute atomic E-state index is 10.6. The standard InChI is InChI=1S/C8H10O5/c1-3-5-7(9)11-13-12-8(10)6-4-2/h3-4H,1-2,5-6H2. The maximum atomic E-state index is 10.6. The molecule has 0 bridgehead atoms. The van der Waals surface area contributed by atoms with Gasteiger partial charge in [-0.15, -0.1) is 13.2 Å². The van der Waals surface area contributed by atoms with Crippen LogP contribution >= 0.6 is 0 Å². The monoisotopic (exact) mass is 186 g/mol. The van der Waals surface area contributed by atoms with E-state index in [-0.39, 0.29) is 12.8 Å². The normalized spacial score (nSPS) is 8.62. The molecule has 5 nitrogen and oxygen atoms in total. The van der Waals surface area contributed by atoms with Crippen molar-refractivity contribution >= 4 is 11.9 Å². The lowest BCUT2D eigenvalue weighted by atomic mass is 10.4. The van der Waals surface area contributed by atoms with Crippen molar-refractivity contribution in [2.45, 2.75) is 12.8 Å². The highest BCUT2D eigenvalue weighted by atomic mass is 17.5. The predicted octanol–water partition coefficient (Wildman–Crippen LogP) is 1.07. The predicted molar refractivity (Wildman–Crippen MR) is 42.9 cm³/mol. The largest absolute Gasteiger partial charge is 0.350 e. The van der Waals surface area contributed by atoms with E-state index < -0.39 is 11.9 Å². The smallest absolute Gasteiger partial charge is 0.259 e. The average Bonchev–Trinajstić information content (AvgIpc) is 2.05. The van der Waals surface area contributed by atoms with Gasteiger partial charge in [0.05, 0.1) is 12.8 Å². The third-order valence-corrected chi connectivity index (χ3v) is 0.876. The molecule has 0 aliphatic heterocycles. The van der Waals surface area contributed by atoms with Gasteiger partial charge in [-0.1, -0.05) is 12.2 Å². The summed E-state index contributed by atoms with van der Waals surface area (Å²) in [5, 5.41) is 3.87. The molecular formula is C8H10O5. The highest BCUT2D eigenvalue weighted by molar-refractivity contribution is 5.71. The second-order valence-corrected chi connectivity index (χ2v) is 1.96. The van der Waals surface area contributed by atoms with E-state index in [1.807, 2.05) is 0 Å². The molecule has 0 aliphatic carbocycles. The molecule has 0 fully saturated rings. The van der Waals surface area contributed by atoms with E-state index in [1.165, 1.54) is 12.2 Å². The zero-order valence-corrected chi connectivity index (χ0v) is 7.02. The summed E-state index contributed by atoms with van der Waals surface area (Å²) in [6.45, 7) is 6.59. The number of hydrogen-bond donors (Lipinski definition) is 0. The third kappa shape index (κ3) is 6.77. The van der Waals surface area contributed by atoms with Gasteiger partial charge in [-0.25, -0.2) is 9.59 Å². The first-order chi connectivity index (χ1) is 6.20. The van der Waals surface area contributed by atoms with Gasteiger partial charge in [0, 0.05) is 5.04 Å². The summed E-state index contributed by atoms with van der Waals surface area (Å²) in [6.07, 6.45) is 2.63. The third-order valence-electron chi connectivity index (χ3n) is 0.876. The second-order valence-electron chi connectivity index (χ2n) is 1.96. The van der Waals surface area contributed by atoms with Crippen LogP contribution in [0.4, 0.5) is 0 Å². The Kier molecular flexibility index (Phi) is 6.17. The van der Waals surface area contributed by atoms with Gasteiger partial charge in [-0.2, -0.15) is 0 Å². The minimum Gasteiger partial charge on any atom is -0.259 e. The highest BCUT2D eigenvalue weighted by Gasteiger charge is 2.04. The van der Waals surface area contributed by atoms with Crippen LogP contribution in [0.1, 0.15) is 12.8 Å². The van der Waals surface area contributed by atoms with Gasteiger partial charge >= 0.3 is 11.9 Å². The lowest BCUT2D eigenvalue weighted by Crippen LogP contribution is -2.09. The number of hydrogen-bond acceptors (Lipinski definition) is 5. The number of carbonyl (C=O) groups is 2. The van der Waals surface area contributed by atoms with Crippen LogP contribution in [0.2, 0.25) is 0 Å². The van der Waals surface area contributed by atoms with Gasteiger partial charge in [0.25, 0.3) is 0 Å². The van der Waals surface area contributed by atoms with Crippen LogP contribution < -0.4 is 0 Å². The molecule has 0 unspecified atom stereocenters. The Hall–Kier alpha value is -1.62. The minimum atomic E-state index is -0.693. The van der Waals surface area contributed by atoms with Crippen molar-refractivity contribution in [2.75, 3.05) is 0 Å². The Balaban J connectivity index is 3.43. The van der Waals surface area contributed by atoms with Gasteiger partial charge in [0.15, 0.2) is 0 Å². The van der Waals surface area contributed by atoms with Crippen LogP contribution in [0.25, 0.3) is 0 Å². The van der Waals surface area contributed by atoms with Crippen LogP contribution in [0, 0.1) is 0 Å². The molecule has 0 amide bonds. The van der Waals surface area contributed by atoms with Gasteiger partial charge in [0.2, 0.25) is 0 Å².